The molecule has 3 nitrogen and oxygen atoms in total. The van der Waals surface area contributed by atoms with E-state index in [2.05, 4.69) is 0 Å². The Hall–Kier alpha value is -1.13. The molecular formula is C13H18FNO2. The summed E-state index contributed by atoms with van der Waals surface area (Å²) in [5.74, 6) is 0.250. The van der Waals surface area contributed by atoms with E-state index in [0.29, 0.717) is 24.0 Å². The summed E-state index contributed by atoms with van der Waals surface area (Å²) < 4.78 is 24.4. The van der Waals surface area contributed by atoms with Gasteiger partial charge in [0, 0.05) is 31.2 Å². The van der Waals surface area contributed by atoms with E-state index in [0.717, 1.165) is 25.9 Å². The van der Waals surface area contributed by atoms with Crippen LogP contribution in [0.2, 0.25) is 0 Å². The monoisotopic (exact) mass is 239 g/mol. The van der Waals surface area contributed by atoms with Crippen LogP contribution in [0.4, 0.5) is 4.39 Å². The number of halogens is 1. The Balaban J connectivity index is 1.80. The van der Waals surface area contributed by atoms with Crippen LogP contribution in [0.1, 0.15) is 24.8 Å². The minimum atomic E-state index is -0.304. The van der Waals surface area contributed by atoms with Gasteiger partial charge in [0.1, 0.15) is 11.6 Å². The highest BCUT2D eigenvalue weighted by Gasteiger charge is 2.15. The van der Waals surface area contributed by atoms with Crippen LogP contribution in [-0.2, 0) is 11.3 Å². The van der Waals surface area contributed by atoms with E-state index >= 15 is 0 Å². The second kappa shape index (κ2) is 5.98. The third kappa shape index (κ3) is 3.41. The van der Waals surface area contributed by atoms with Crippen LogP contribution in [0.5, 0.6) is 5.75 Å². The summed E-state index contributed by atoms with van der Waals surface area (Å²) in [7, 11) is 0. The van der Waals surface area contributed by atoms with Gasteiger partial charge in [-0.25, -0.2) is 4.39 Å². The van der Waals surface area contributed by atoms with E-state index in [1.165, 1.54) is 6.07 Å². The molecule has 4 heteroatoms. The fraction of sp³-hybridized carbons (Fsp3) is 0.538. The summed E-state index contributed by atoms with van der Waals surface area (Å²) in [5, 5.41) is 0. The molecule has 1 saturated heterocycles. The van der Waals surface area contributed by atoms with Gasteiger partial charge in [-0.15, -0.1) is 0 Å². The van der Waals surface area contributed by atoms with Crippen molar-refractivity contribution in [2.75, 3.05) is 13.2 Å². The zero-order valence-corrected chi connectivity index (χ0v) is 9.82. The van der Waals surface area contributed by atoms with Crippen LogP contribution in [0.15, 0.2) is 18.2 Å². The minimum absolute atomic E-state index is 0.210. The van der Waals surface area contributed by atoms with Gasteiger partial charge in [-0.05, 0) is 18.9 Å². The lowest BCUT2D eigenvalue weighted by Crippen LogP contribution is -2.11. The molecule has 17 heavy (non-hydrogen) atoms. The van der Waals surface area contributed by atoms with E-state index in [9.17, 15) is 4.39 Å². The molecule has 0 aromatic heterocycles. The molecule has 1 heterocycles. The third-order valence-corrected chi connectivity index (χ3v) is 2.98. The van der Waals surface area contributed by atoms with Gasteiger partial charge >= 0.3 is 0 Å². The molecule has 1 atom stereocenters. The highest BCUT2D eigenvalue weighted by atomic mass is 19.1. The fourth-order valence-corrected chi connectivity index (χ4v) is 1.96. The van der Waals surface area contributed by atoms with Gasteiger partial charge in [0.15, 0.2) is 0 Å². The van der Waals surface area contributed by atoms with Gasteiger partial charge in [0.05, 0.1) is 12.7 Å². The average molecular weight is 239 g/mol. The Labute approximate surface area is 101 Å². The maximum absolute atomic E-state index is 13.4. The van der Waals surface area contributed by atoms with Gasteiger partial charge in [0.25, 0.3) is 0 Å². The number of hydrogen-bond donors (Lipinski definition) is 1. The van der Waals surface area contributed by atoms with Crippen molar-refractivity contribution in [3.05, 3.63) is 29.6 Å². The first kappa shape index (κ1) is 12.3. The SMILES string of the molecule is NCc1ccc(OCCC2CCCO2)cc1F. The van der Waals surface area contributed by atoms with Crippen molar-refractivity contribution in [3.8, 4) is 5.75 Å². The predicted molar refractivity (Wildman–Crippen MR) is 63.4 cm³/mol. The van der Waals surface area contributed by atoms with Gasteiger partial charge in [0.2, 0.25) is 0 Å². The molecule has 1 aliphatic heterocycles. The third-order valence-electron chi connectivity index (χ3n) is 2.98. The maximum atomic E-state index is 13.4. The molecule has 0 spiro atoms. The van der Waals surface area contributed by atoms with Crippen LogP contribution < -0.4 is 10.5 Å². The van der Waals surface area contributed by atoms with Gasteiger partial charge in [-0.1, -0.05) is 6.07 Å². The minimum Gasteiger partial charge on any atom is -0.493 e. The van der Waals surface area contributed by atoms with Crippen molar-refractivity contribution >= 4 is 0 Å². The normalized spacial score (nSPS) is 19.5. The first-order valence-corrected chi connectivity index (χ1v) is 6.02. The lowest BCUT2D eigenvalue weighted by molar-refractivity contribution is 0.0903. The zero-order chi connectivity index (χ0) is 12.1. The lowest BCUT2D eigenvalue weighted by Gasteiger charge is -2.11. The van der Waals surface area contributed by atoms with Crippen molar-refractivity contribution in [2.45, 2.75) is 31.9 Å². The van der Waals surface area contributed by atoms with Crippen molar-refractivity contribution in [3.63, 3.8) is 0 Å². The number of rotatable bonds is 5. The van der Waals surface area contributed by atoms with Gasteiger partial charge in [-0.2, -0.15) is 0 Å². The summed E-state index contributed by atoms with van der Waals surface area (Å²) in [6, 6.07) is 4.80. The molecule has 1 aromatic carbocycles. The molecule has 0 amide bonds. The van der Waals surface area contributed by atoms with Crippen LogP contribution in [0.3, 0.4) is 0 Å². The number of hydrogen-bond acceptors (Lipinski definition) is 3. The predicted octanol–water partition coefficient (Wildman–Crippen LogP) is 2.23. The van der Waals surface area contributed by atoms with Crippen LogP contribution in [-0.4, -0.2) is 19.3 Å². The summed E-state index contributed by atoms with van der Waals surface area (Å²) in [4.78, 5) is 0. The molecule has 0 bridgehead atoms. The van der Waals surface area contributed by atoms with Crippen molar-refractivity contribution in [1.29, 1.82) is 0 Å². The molecule has 94 valence electrons. The molecule has 1 unspecified atom stereocenters. The second-order valence-corrected chi connectivity index (χ2v) is 4.23. The zero-order valence-electron chi connectivity index (χ0n) is 9.82. The van der Waals surface area contributed by atoms with E-state index in [-0.39, 0.29) is 12.4 Å². The largest absolute Gasteiger partial charge is 0.493 e. The summed E-state index contributed by atoms with van der Waals surface area (Å²) >= 11 is 0. The Morgan fingerprint density at radius 3 is 3.00 bits per heavy atom. The van der Waals surface area contributed by atoms with Crippen LogP contribution in [0.25, 0.3) is 0 Å². The van der Waals surface area contributed by atoms with E-state index in [4.69, 9.17) is 15.2 Å². The van der Waals surface area contributed by atoms with E-state index in [1.807, 2.05) is 0 Å². The molecule has 1 aliphatic rings. The molecule has 2 N–H and O–H groups in total. The quantitative estimate of drug-likeness (QED) is 0.857. The van der Waals surface area contributed by atoms with Gasteiger partial charge in [-0.3, -0.25) is 0 Å². The summed E-state index contributed by atoms with van der Waals surface area (Å²) in [6.45, 7) is 1.62. The number of benzene rings is 1. The number of nitrogens with two attached hydrogens (primary N) is 1. The second-order valence-electron chi connectivity index (χ2n) is 4.23. The smallest absolute Gasteiger partial charge is 0.131 e. The van der Waals surface area contributed by atoms with Crippen LogP contribution >= 0.6 is 0 Å². The molecule has 0 aliphatic carbocycles. The molecule has 0 radical (unpaired) electrons. The fourth-order valence-electron chi connectivity index (χ4n) is 1.96. The van der Waals surface area contributed by atoms with Gasteiger partial charge < -0.3 is 15.2 Å². The molecule has 0 saturated carbocycles. The Kier molecular flexibility index (Phi) is 4.34. The lowest BCUT2D eigenvalue weighted by atomic mass is 10.2. The van der Waals surface area contributed by atoms with Crippen molar-refractivity contribution < 1.29 is 13.9 Å². The Morgan fingerprint density at radius 2 is 2.35 bits per heavy atom. The highest BCUT2D eigenvalue weighted by molar-refractivity contribution is 5.28. The molecule has 2 rings (SSSR count). The highest BCUT2D eigenvalue weighted by Crippen LogP contribution is 2.19. The molecule has 1 aromatic rings. The first-order valence-electron chi connectivity index (χ1n) is 6.02. The average Bonchev–Trinajstić information content (AvgIpc) is 2.82. The Bertz CT molecular complexity index is 364. The summed E-state index contributed by atoms with van der Waals surface area (Å²) in [5.41, 5.74) is 5.90. The first-order chi connectivity index (χ1) is 8.29. The van der Waals surface area contributed by atoms with Crippen molar-refractivity contribution in [1.82, 2.24) is 0 Å². The van der Waals surface area contributed by atoms with Crippen LogP contribution in [0, 0.1) is 5.82 Å². The van der Waals surface area contributed by atoms with E-state index in [1.54, 1.807) is 12.1 Å². The molecule has 1 fully saturated rings. The maximum Gasteiger partial charge on any atom is 0.131 e. The number of ether oxygens (including phenoxy) is 2. The standard InChI is InChI=1S/C13H18FNO2/c14-13-8-12(4-3-10(13)9-15)17-7-5-11-2-1-6-16-11/h3-4,8,11H,1-2,5-7,9,15H2. The molecular weight excluding hydrogens is 221 g/mol. The summed E-state index contributed by atoms with van der Waals surface area (Å²) in [6.07, 6.45) is 3.40. The topological polar surface area (TPSA) is 44.5 Å². The Morgan fingerprint density at radius 1 is 1.47 bits per heavy atom. The van der Waals surface area contributed by atoms with E-state index < -0.39 is 0 Å². The van der Waals surface area contributed by atoms with Crippen molar-refractivity contribution in [2.24, 2.45) is 5.73 Å².